The molecule has 2 fully saturated rings. The minimum atomic E-state index is -1.06. The molecule has 2 saturated heterocycles. The van der Waals surface area contributed by atoms with Crippen LogP contribution < -0.4 is 0 Å². The SMILES string of the molecule is CC1CCN(Cc2ccc(C(=O)N3CCCC(O)(CO)CC3)o2)CC1. The summed E-state index contributed by atoms with van der Waals surface area (Å²) in [5.41, 5.74) is -1.06. The molecule has 2 N–H and O–H groups in total. The molecule has 140 valence electrons. The van der Waals surface area contributed by atoms with E-state index in [9.17, 15) is 15.0 Å². The topological polar surface area (TPSA) is 77.2 Å². The molecular weight excluding hydrogens is 320 g/mol. The van der Waals surface area contributed by atoms with Crippen LogP contribution in [0.5, 0.6) is 0 Å². The highest BCUT2D eigenvalue weighted by atomic mass is 16.4. The van der Waals surface area contributed by atoms with Gasteiger partial charge in [-0.05, 0) is 63.2 Å². The molecule has 3 rings (SSSR count). The molecule has 2 aliphatic heterocycles. The highest BCUT2D eigenvalue weighted by molar-refractivity contribution is 5.91. The maximum absolute atomic E-state index is 12.7. The Morgan fingerprint density at radius 3 is 2.72 bits per heavy atom. The molecule has 3 heterocycles. The fourth-order valence-electron chi connectivity index (χ4n) is 3.71. The van der Waals surface area contributed by atoms with Crippen molar-refractivity contribution in [2.45, 2.75) is 51.2 Å². The van der Waals surface area contributed by atoms with Gasteiger partial charge in [-0.15, -0.1) is 0 Å². The van der Waals surface area contributed by atoms with E-state index < -0.39 is 5.60 Å². The number of carbonyl (C=O) groups excluding carboxylic acids is 1. The van der Waals surface area contributed by atoms with Gasteiger partial charge in [0.25, 0.3) is 5.91 Å². The number of carbonyl (C=O) groups is 1. The minimum Gasteiger partial charge on any atom is -0.455 e. The van der Waals surface area contributed by atoms with Gasteiger partial charge in [0.15, 0.2) is 5.76 Å². The average molecular weight is 350 g/mol. The van der Waals surface area contributed by atoms with Gasteiger partial charge in [0, 0.05) is 13.1 Å². The van der Waals surface area contributed by atoms with E-state index in [1.54, 1.807) is 11.0 Å². The highest BCUT2D eigenvalue weighted by Crippen LogP contribution is 2.24. The average Bonchev–Trinajstić information content (AvgIpc) is 2.98. The second kappa shape index (κ2) is 7.89. The molecule has 0 bridgehead atoms. The smallest absolute Gasteiger partial charge is 0.289 e. The molecule has 0 saturated carbocycles. The Bertz CT molecular complexity index is 580. The fourth-order valence-corrected chi connectivity index (χ4v) is 3.71. The van der Waals surface area contributed by atoms with E-state index in [1.807, 2.05) is 6.07 Å². The lowest BCUT2D eigenvalue weighted by Gasteiger charge is -2.29. The number of piperidine rings is 1. The Hall–Kier alpha value is -1.37. The number of likely N-dealkylation sites (tertiary alicyclic amines) is 2. The van der Waals surface area contributed by atoms with Gasteiger partial charge in [-0.3, -0.25) is 9.69 Å². The summed E-state index contributed by atoms with van der Waals surface area (Å²) in [6.45, 7) is 5.98. The Labute approximate surface area is 149 Å². The Morgan fingerprint density at radius 1 is 1.24 bits per heavy atom. The number of amides is 1. The van der Waals surface area contributed by atoms with Gasteiger partial charge >= 0.3 is 0 Å². The molecule has 1 aromatic rings. The number of aliphatic hydroxyl groups excluding tert-OH is 1. The van der Waals surface area contributed by atoms with Crippen LogP contribution in [0.1, 0.15) is 55.3 Å². The van der Waals surface area contributed by atoms with Gasteiger partial charge in [-0.25, -0.2) is 0 Å². The van der Waals surface area contributed by atoms with Crippen LogP contribution >= 0.6 is 0 Å². The number of nitrogens with zero attached hydrogens (tertiary/aromatic N) is 2. The van der Waals surface area contributed by atoms with Gasteiger partial charge in [-0.1, -0.05) is 6.92 Å². The van der Waals surface area contributed by atoms with Crippen LogP contribution in [-0.4, -0.2) is 64.3 Å². The summed E-state index contributed by atoms with van der Waals surface area (Å²) in [5, 5.41) is 19.5. The summed E-state index contributed by atoms with van der Waals surface area (Å²) in [5.74, 6) is 1.88. The molecule has 0 radical (unpaired) electrons. The van der Waals surface area contributed by atoms with Crippen molar-refractivity contribution in [3.8, 4) is 0 Å². The molecule has 2 aliphatic rings. The first-order valence-corrected chi connectivity index (χ1v) is 9.43. The summed E-state index contributed by atoms with van der Waals surface area (Å²) < 4.78 is 5.80. The lowest BCUT2D eigenvalue weighted by Crippen LogP contribution is -2.36. The Kier molecular flexibility index (Phi) is 5.81. The van der Waals surface area contributed by atoms with Crippen molar-refractivity contribution in [3.63, 3.8) is 0 Å². The van der Waals surface area contributed by atoms with E-state index in [1.165, 1.54) is 12.8 Å². The maximum Gasteiger partial charge on any atom is 0.289 e. The van der Waals surface area contributed by atoms with E-state index >= 15 is 0 Å². The van der Waals surface area contributed by atoms with Crippen molar-refractivity contribution < 1.29 is 19.4 Å². The van der Waals surface area contributed by atoms with Gasteiger partial charge in [0.2, 0.25) is 0 Å². The number of furan rings is 1. The van der Waals surface area contributed by atoms with Crippen LogP contribution in [0.4, 0.5) is 0 Å². The van der Waals surface area contributed by atoms with E-state index in [0.29, 0.717) is 38.1 Å². The molecule has 1 aromatic heterocycles. The van der Waals surface area contributed by atoms with Crippen LogP contribution in [0.15, 0.2) is 16.5 Å². The second-order valence-corrected chi connectivity index (χ2v) is 7.75. The first-order valence-electron chi connectivity index (χ1n) is 9.43. The van der Waals surface area contributed by atoms with Gasteiger partial charge in [0.1, 0.15) is 5.76 Å². The third-order valence-electron chi connectivity index (χ3n) is 5.63. The predicted octanol–water partition coefficient (Wildman–Crippen LogP) is 1.86. The number of hydrogen-bond acceptors (Lipinski definition) is 5. The largest absolute Gasteiger partial charge is 0.455 e. The second-order valence-electron chi connectivity index (χ2n) is 7.75. The number of hydrogen-bond donors (Lipinski definition) is 2. The zero-order valence-electron chi connectivity index (χ0n) is 15.1. The molecule has 1 unspecified atom stereocenters. The standard InChI is InChI=1S/C19H30N2O4/c1-15-5-10-20(11-6-15)13-16-3-4-17(25-16)18(23)21-9-2-7-19(24,14-22)8-12-21/h3-4,15,22,24H,2,5-14H2,1H3. The Morgan fingerprint density at radius 2 is 2.00 bits per heavy atom. The summed E-state index contributed by atoms with van der Waals surface area (Å²) in [7, 11) is 0. The van der Waals surface area contributed by atoms with Crippen LogP contribution in [0.2, 0.25) is 0 Å². The minimum absolute atomic E-state index is 0.124. The van der Waals surface area contributed by atoms with Crippen molar-refractivity contribution >= 4 is 5.91 Å². The summed E-state index contributed by atoms with van der Waals surface area (Å²) >= 11 is 0. The quantitative estimate of drug-likeness (QED) is 0.867. The van der Waals surface area contributed by atoms with E-state index in [-0.39, 0.29) is 12.5 Å². The fraction of sp³-hybridized carbons (Fsp3) is 0.737. The lowest BCUT2D eigenvalue weighted by atomic mass is 9.96. The van der Waals surface area contributed by atoms with E-state index in [2.05, 4.69) is 11.8 Å². The summed E-state index contributed by atoms with van der Waals surface area (Å²) in [6, 6.07) is 3.65. The number of aliphatic hydroxyl groups is 2. The third kappa shape index (κ3) is 4.63. The van der Waals surface area contributed by atoms with E-state index in [0.717, 1.165) is 31.3 Å². The summed E-state index contributed by atoms with van der Waals surface area (Å²) in [6.07, 6.45) is 4.03. The first kappa shape index (κ1) is 18.4. The number of rotatable bonds is 4. The van der Waals surface area contributed by atoms with Crippen molar-refractivity contribution in [1.29, 1.82) is 0 Å². The van der Waals surface area contributed by atoms with Gasteiger partial charge in [0.05, 0.1) is 18.8 Å². The van der Waals surface area contributed by atoms with Gasteiger partial charge in [-0.2, -0.15) is 0 Å². The van der Waals surface area contributed by atoms with Crippen molar-refractivity contribution in [2.24, 2.45) is 5.92 Å². The zero-order chi connectivity index (χ0) is 17.9. The molecule has 0 aromatic carbocycles. The van der Waals surface area contributed by atoms with Crippen LogP contribution in [0, 0.1) is 5.92 Å². The molecular formula is C19H30N2O4. The molecule has 0 aliphatic carbocycles. The third-order valence-corrected chi connectivity index (χ3v) is 5.63. The lowest BCUT2D eigenvalue weighted by molar-refractivity contribution is -0.0251. The molecule has 1 atom stereocenters. The van der Waals surface area contributed by atoms with Crippen molar-refractivity contribution in [2.75, 3.05) is 32.8 Å². The van der Waals surface area contributed by atoms with Crippen molar-refractivity contribution in [1.82, 2.24) is 9.80 Å². The first-order chi connectivity index (χ1) is 12.0. The molecule has 6 nitrogen and oxygen atoms in total. The normalized spacial score (nSPS) is 26.6. The molecule has 25 heavy (non-hydrogen) atoms. The Balaban J connectivity index is 1.57. The van der Waals surface area contributed by atoms with Crippen molar-refractivity contribution in [3.05, 3.63) is 23.7 Å². The predicted molar refractivity (Wildman–Crippen MR) is 94.2 cm³/mol. The van der Waals surface area contributed by atoms with Gasteiger partial charge < -0.3 is 19.5 Å². The molecule has 1 amide bonds. The zero-order valence-corrected chi connectivity index (χ0v) is 15.1. The monoisotopic (exact) mass is 350 g/mol. The van der Waals surface area contributed by atoms with Crippen LogP contribution in [0.25, 0.3) is 0 Å². The highest BCUT2D eigenvalue weighted by Gasteiger charge is 2.31. The summed E-state index contributed by atoms with van der Waals surface area (Å²) in [4.78, 5) is 16.8. The van der Waals surface area contributed by atoms with Crippen LogP contribution in [-0.2, 0) is 6.54 Å². The van der Waals surface area contributed by atoms with E-state index in [4.69, 9.17) is 4.42 Å². The molecule has 0 spiro atoms. The van der Waals surface area contributed by atoms with Crippen LogP contribution in [0.3, 0.4) is 0 Å². The maximum atomic E-state index is 12.7. The molecule has 6 heteroatoms.